The van der Waals surface area contributed by atoms with E-state index in [2.05, 4.69) is 0 Å². The van der Waals surface area contributed by atoms with Crippen LogP contribution in [0.25, 0.3) is 0 Å². The van der Waals surface area contributed by atoms with Crippen molar-refractivity contribution in [3.63, 3.8) is 0 Å². The average Bonchev–Trinajstić information content (AvgIpc) is 2.69. The SMILES string of the molecule is CC(C)(C)OC(=O)N1C[C@@H]2COC[C@@]2(CC(N)=O)C1. The molecule has 19 heavy (non-hydrogen) atoms. The van der Waals surface area contributed by atoms with Gasteiger partial charge in [-0.3, -0.25) is 4.79 Å². The Kier molecular flexibility index (Phi) is 3.47. The van der Waals surface area contributed by atoms with E-state index < -0.39 is 5.60 Å². The van der Waals surface area contributed by atoms with Crippen molar-refractivity contribution in [3.8, 4) is 0 Å². The van der Waals surface area contributed by atoms with Crippen LogP contribution in [0.5, 0.6) is 0 Å². The van der Waals surface area contributed by atoms with Crippen LogP contribution < -0.4 is 5.73 Å². The molecular formula is C13H22N2O4. The number of nitrogens with two attached hydrogens (primary N) is 1. The molecule has 0 unspecified atom stereocenters. The lowest BCUT2D eigenvalue weighted by Crippen LogP contribution is -2.39. The fourth-order valence-electron chi connectivity index (χ4n) is 2.89. The van der Waals surface area contributed by atoms with E-state index in [1.165, 1.54) is 0 Å². The third-order valence-electron chi connectivity index (χ3n) is 3.70. The van der Waals surface area contributed by atoms with Crippen molar-refractivity contribution in [2.45, 2.75) is 32.8 Å². The fourth-order valence-corrected chi connectivity index (χ4v) is 2.89. The van der Waals surface area contributed by atoms with Gasteiger partial charge in [-0.15, -0.1) is 0 Å². The fraction of sp³-hybridized carbons (Fsp3) is 0.846. The Morgan fingerprint density at radius 3 is 2.74 bits per heavy atom. The maximum absolute atomic E-state index is 12.1. The molecule has 0 saturated carbocycles. The molecule has 2 aliphatic heterocycles. The second-order valence-electron chi connectivity index (χ2n) is 6.58. The second-order valence-corrected chi connectivity index (χ2v) is 6.58. The van der Waals surface area contributed by atoms with Gasteiger partial charge in [-0.1, -0.05) is 0 Å². The molecule has 6 nitrogen and oxygen atoms in total. The van der Waals surface area contributed by atoms with Crippen molar-refractivity contribution in [1.82, 2.24) is 4.90 Å². The van der Waals surface area contributed by atoms with E-state index in [4.69, 9.17) is 15.2 Å². The Morgan fingerprint density at radius 2 is 2.16 bits per heavy atom. The van der Waals surface area contributed by atoms with Crippen molar-refractivity contribution >= 4 is 12.0 Å². The maximum atomic E-state index is 12.1. The molecule has 0 aromatic rings. The van der Waals surface area contributed by atoms with Gasteiger partial charge in [0.25, 0.3) is 0 Å². The van der Waals surface area contributed by atoms with E-state index in [1.807, 2.05) is 20.8 Å². The van der Waals surface area contributed by atoms with Crippen LogP contribution in [-0.2, 0) is 14.3 Å². The van der Waals surface area contributed by atoms with Crippen LogP contribution in [0.4, 0.5) is 4.79 Å². The van der Waals surface area contributed by atoms with E-state index in [9.17, 15) is 9.59 Å². The van der Waals surface area contributed by atoms with Crippen LogP contribution in [0.1, 0.15) is 27.2 Å². The van der Waals surface area contributed by atoms with Gasteiger partial charge >= 0.3 is 6.09 Å². The van der Waals surface area contributed by atoms with Crippen LogP contribution in [-0.4, -0.2) is 48.8 Å². The Labute approximate surface area is 113 Å². The second kappa shape index (κ2) is 4.67. The zero-order chi connectivity index (χ0) is 14.3. The van der Waals surface area contributed by atoms with E-state index >= 15 is 0 Å². The van der Waals surface area contributed by atoms with Crippen LogP contribution in [0, 0.1) is 11.3 Å². The largest absolute Gasteiger partial charge is 0.444 e. The molecule has 0 aromatic heterocycles. The van der Waals surface area contributed by atoms with E-state index in [-0.39, 0.29) is 29.8 Å². The maximum Gasteiger partial charge on any atom is 0.410 e. The summed E-state index contributed by atoms with van der Waals surface area (Å²) >= 11 is 0. The first-order chi connectivity index (χ1) is 8.72. The quantitative estimate of drug-likeness (QED) is 0.802. The molecular weight excluding hydrogens is 248 g/mol. The number of hydrogen-bond donors (Lipinski definition) is 1. The van der Waals surface area contributed by atoms with Crippen molar-refractivity contribution in [2.24, 2.45) is 17.1 Å². The highest BCUT2D eigenvalue weighted by atomic mass is 16.6. The standard InChI is InChI=1S/C13H22N2O4/c1-12(2,3)19-11(17)15-5-9-6-18-8-13(9,7-15)4-10(14)16/h9H,4-8H2,1-3H3,(H2,14,16)/t9-,13-/m1/s1. The van der Waals surface area contributed by atoms with Crippen LogP contribution >= 0.6 is 0 Å². The molecule has 2 N–H and O–H groups in total. The number of nitrogens with zero attached hydrogens (tertiary/aromatic N) is 1. The Hall–Kier alpha value is -1.30. The topological polar surface area (TPSA) is 81.9 Å². The van der Waals surface area contributed by atoms with Crippen LogP contribution in [0.2, 0.25) is 0 Å². The zero-order valence-electron chi connectivity index (χ0n) is 11.8. The molecule has 0 aromatic carbocycles. The summed E-state index contributed by atoms with van der Waals surface area (Å²) in [7, 11) is 0. The first kappa shape index (κ1) is 14.1. The van der Waals surface area contributed by atoms with Gasteiger partial charge in [0.1, 0.15) is 5.60 Å². The number of fused-ring (bicyclic) bond motifs is 1. The van der Waals surface area contributed by atoms with Gasteiger partial charge in [-0.25, -0.2) is 4.79 Å². The van der Waals surface area contributed by atoms with E-state index in [0.717, 1.165) is 0 Å². The predicted octanol–water partition coefficient (Wildman–Crippen LogP) is 0.745. The molecule has 2 fully saturated rings. The number of carbonyl (C=O) groups excluding carboxylic acids is 2. The number of ether oxygens (including phenoxy) is 2. The summed E-state index contributed by atoms with van der Waals surface area (Å²) in [6, 6.07) is 0. The first-order valence-electron chi connectivity index (χ1n) is 6.56. The number of amides is 2. The Bertz CT molecular complexity index is 391. The highest BCUT2D eigenvalue weighted by Crippen LogP contribution is 2.44. The molecule has 2 rings (SSSR count). The highest BCUT2D eigenvalue weighted by molar-refractivity contribution is 5.75. The predicted molar refractivity (Wildman–Crippen MR) is 68.4 cm³/mol. The zero-order valence-corrected chi connectivity index (χ0v) is 11.8. The van der Waals surface area contributed by atoms with Gasteiger partial charge in [-0.2, -0.15) is 0 Å². The van der Waals surface area contributed by atoms with Crippen molar-refractivity contribution in [2.75, 3.05) is 26.3 Å². The Morgan fingerprint density at radius 1 is 1.47 bits per heavy atom. The van der Waals surface area contributed by atoms with E-state index in [0.29, 0.717) is 26.3 Å². The summed E-state index contributed by atoms with van der Waals surface area (Å²) in [5.41, 5.74) is 4.49. The van der Waals surface area contributed by atoms with Gasteiger partial charge < -0.3 is 20.1 Å². The lowest BCUT2D eigenvalue weighted by Gasteiger charge is -2.27. The van der Waals surface area contributed by atoms with Gasteiger partial charge in [0.15, 0.2) is 0 Å². The molecule has 108 valence electrons. The molecule has 6 heteroatoms. The molecule has 2 saturated heterocycles. The van der Waals surface area contributed by atoms with Gasteiger partial charge in [-0.05, 0) is 20.8 Å². The molecule has 2 heterocycles. The van der Waals surface area contributed by atoms with E-state index in [1.54, 1.807) is 4.90 Å². The minimum absolute atomic E-state index is 0.174. The lowest BCUT2D eigenvalue weighted by molar-refractivity contribution is -0.120. The summed E-state index contributed by atoms with van der Waals surface area (Å²) < 4.78 is 10.8. The molecule has 2 amide bonds. The van der Waals surface area contributed by atoms with Gasteiger partial charge in [0.05, 0.1) is 13.2 Å². The number of rotatable bonds is 2. The lowest BCUT2D eigenvalue weighted by atomic mass is 9.78. The monoisotopic (exact) mass is 270 g/mol. The smallest absolute Gasteiger partial charge is 0.410 e. The van der Waals surface area contributed by atoms with Gasteiger partial charge in [0, 0.05) is 30.8 Å². The molecule has 2 aliphatic rings. The minimum atomic E-state index is -0.512. The molecule has 0 bridgehead atoms. The minimum Gasteiger partial charge on any atom is -0.444 e. The number of primary amides is 1. The Balaban J connectivity index is 2.05. The number of hydrogen-bond acceptors (Lipinski definition) is 4. The third-order valence-corrected chi connectivity index (χ3v) is 3.70. The molecule has 0 radical (unpaired) electrons. The highest BCUT2D eigenvalue weighted by Gasteiger charge is 2.53. The summed E-state index contributed by atoms with van der Waals surface area (Å²) in [6.45, 7) is 7.63. The molecule has 2 atom stereocenters. The van der Waals surface area contributed by atoms with Crippen LogP contribution in [0.3, 0.4) is 0 Å². The van der Waals surface area contributed by atoms with Crippen molar-refractivity contribution in [3.05, 3.63) is 0 Å². The van der Waals surface area contributed by atoms with Gasteiger partial charge in [0.2, 0.25) is 5.91 Å². The molecule has 0 spiro atoms. The van der Waals surface area contributed by atoms with Crippen molar-refractivity contribution in [1.29, 1.82) is 0 Å². The summed E-state index contributed by atoms with van der Waals surface area (Å²) in [4.78, 5) is 25.0. The average molecular weight is 270 g/mol. The normalized spacial score (nSPS) is 30.3. The summed E-state index contributed by atoms with van der Waals surface area (Å²) in [5.74, 6) is -0.172. The van der Waals surface area contributed by atoms with Crippen LogP contribution in [0.15, 0.2) is 0 Å². The summed E-state index contributed by atoms with van der Waals surface area (Å²) in [5, 5.41) is 0. The third kappa shape index (κ3) is 3.00. The number of likely N-dealkylation sites (tertiary alicyclic amines) is 1. The molecule has 0 aliphatic carbocycles. The summed E-state index contributed by atoms with van der Waals surface area (Å²) in [6.07, 6.45) is -0.0671. The first-order valence-corrected chi connectivity index (χ1v) is 6.56. The van der Waals surface area contributed by atoms with Crippen molar-refractivity contribution < 1.29 is 19.1 Å². The number of carbonyl (C=O) groups is 2.